The third kappa shape index (κ3) is 1.90. The maximum absolute atomic E-state index is 13.7. The number of benzene rings is 1. The minimum Gasteiger partial charge on any atom is -0.356 e. The lowest BCUT2D eigenvalue weighted by atomic mass is 10.00. The van der Waals surface area contributed by atoms with E-state index in [1.165, 1.54) is 6.07 Å². The van der Waals surface area contributed by atoms with E-state index in [1.807, 2.05) is 0 Å². The van der Waals surface area contributed by atoms with E-state index in [4.69, 9.17) is 4.52 Å². The van der Waals surface area contributed by atoms with E-state index < -0.39 is 5.41 Å². The zero-order valence-corrected chi connectivity index (χ0v) is 11.4. The van der Waals surface area contributed by atoms with Crippen molar-refractivity contribution in [1.29, 1.82) is 0 Å². The highest BCUT2D eigenvalue weighted by atomic mass is 19.1. The molecule has 0 saturated heterocycles. The summed E-state index contributed by atoms with van der Waals surface area (Å²) in [5.41, 5.74) is 0.380. The minimum absolute atomic E-state index is 0.0193. The summed E-state index contributed by atoms with van der Waals surface area (Å²) in [6, 6.07) is 8.03. The van der Waals surface area contributed by atoms with Gasteiger partial charge in [-0.1, -0.05) is 17.3 Å². The molecule has 0 unspecified atom stereocenters. The van der Waals surface area contributed by atoms with Gasteiger partial charge in [0.25, 0.3) is 0 Å². The van der Waals surface area contributed by atoms with Crippen LogP contribution in [0.1, 0.15) is 18.5 Å². The normalized spacial score (nSPS) is 15.9. The summed E-state index contributed by atoms with van der Waals surface area (Å²) in [6.07, 6.45) is 1.51. The third-order valence-electron chi connectivity index (χ3n) is 3.71. The van der Waals surface area contributed by atoms with Crippen LogP contribution in [0.25, 0.3) is 11.3 Å². The van der Waals surface area contributed by atoms with Crippen molar-refractivity contribution in [3.63, 3.8) is 0 Å². The Balaban J connectivity index is 1.96. The van der Waals surface area contributed by atoms with Crippen molar-refractivity contribution >= 4 is 5.91 Å². The van der Waals surface area contributed by atoms with Gasteiger partial charge in [-0.15, -0.1) is 0 Å². The summed E-state index contributed by atoms with van der Waals surface area (Å²) in [6.45, 7) is 0. The molecule has 1 aliphatic carbocycles. The van der Waals surface area contributed by atoms with Crippen LogP contribution in [0.5, 0.6) is 0 Å². The Kier molecular flexibility index (Phi) is 2.85. The maximum Gasteiger partial charge on any atom is 0.234 e. The van der Waals surface area contributed by atoms with Gasteiger partial charge in [0.2, 0.25) is 5.91 Å². The SMILES string of the molecule is CN(C)C(=O)C1(c2cc(-c3ccccc3F)on2)CC1. The van der Waals surface area contributed by atoms with Crippen molar-refractivity contribution < 1.29 is 13.7 Å². The standard InChI is InChI=1S/C15H15FN2O2/c1-18(2)14(19)15(7-8-15)13-9-12(20-17-13)10-5-3-4-6-11(10)16/h3-6,9H,7-8H2,1-2H3. The zero-order chi connectivity index (χ0) is 14.3. The Hall–Kier alpha value is -2.17. The molecular formula is C15H15FN2O2. The van der Waals surface area contributed by atoms with Crippen LogP contribution in [0.3, 0.4) is 0 Å². The lowest BCUT2D eigenvalue weighted by Gasteiger charge is -2.16. The number of hydrogen-bond donors (Lipinski definition) is 0. The maximum atomic E-state index is 13.7. The number of halogens is 1. The first-order valence-corrected chi connectivity index (χ1v) is 6.48. The van der Waals surface area contributed by atoms with Gasteiger partial charge in [0, 0.05) is 20.2 Å². The van der Waals surface area contributed by atoms with Crippen LogP contribution in [0.2, 0.25) is 0 Å². The molecule has 0 atom stereocenters. The van der Waals surface area contributed by atoms with Crippen molar-refractivity contribution in [3.8, 4) is 11.3 Å². The van der Waals surface area contributed by atoms with Gasteiger partial charge in [-0.05, 0) is 25.0 Å². The number of carbonyl (C=O) groups is 1. The lowest BCUT2D eigenvalue weighted by Crippen LogP contribution is -2.33. The van der Waals surface area contributed by atoms with Gasteiger partial charge in [-0.3, -0.25) is 4.79 Å². The quantitative estimate of drug-likeness (QED) is 0.864. The van der Waals surface area contributed by atoms with Crippen LogP contribution in [0.15, 0.2) is 34.9 Å². The first-order chi connectivity index (χ1) is 9.54. The van der Waals surface area contributed by atoms with Gasteiger partial charge in [-0.2, -0.15) is 0 Å². The molecular weight excluding hydrogens is 259 g/mol. The molecule has 0 bridgehead atoms. The van der Waals surface area contributed by atoms with Gasteiger partial charge in [0.1, 0.15) is 5.82 Å². The van der Waals surface area contributed by atoms with Crippen LogP contribution in [0, 0.1) is 5.82 Å². The molecule has 1 aromatic carbocycles. The fourth-order valence-electron chi connectivity index (χ4n) is 2.42. The molecule has 1 fully saturated rings. The van der Waals surface area contributed by atoms with E-state index in [1.54, 1.807) is 43.3 Å². The van der Waals surface area contributed by atoms with E-state index in [0.717, 1.165) is 12.8 Å². The first kappa shape index (κ1) is 12.8. The second-order valence-corrected chi connectivity index (χ2v) is 5.34. The number of amides is 1. The van der Waals surface area contributed by atoms with E-state index in [-0.39, 0.29) is 11.7 Å². The topological polar surface area (TPSA) is 46.3 Å². The van der Waals surface area contributed by atoms with Crippen LogP contribution in [0.4, 0.5) is 4.39 Å². The number of carbonyl (C=O) groups excluding carboxylic acids is 1. The highest BCUT2D eigenvalue weighted by Gasteiger charge is 2.54. The van der Waals surface area contributed by atoms with Gasteiger partial charge in [0.05, 0.1) is 16.7 Å². The molecule has 1 heterocycles. The van der Waals surface area contributed by atoms with Crippen LogP contribution < -0.4 is 0 Å². The average Bonchev–Trinajstić information content (AvgIpc) is 3.09. The number of aromatic nitrogens is 1. The summed E-state index contributed by atoms with van der Waals surface area (Å²) in [4.78, 5) is 13.8. The van der Waals surface area contributed by atoms with Gasteiger partial charge < -0.3 is 9.42 Å². The smallest absolute Gasteiger partial charge is 0.234 e. The van der Waals surface area contributed by atoms with Crippen molar-refractivity contribution in [3.05, 3.63) is 41.8 Å². The molecule has 4 nitrogen and oxygen atoms in total. The number of rotatable bonds is 3. The number of hydrogen-bond acceptors (Lipinski definition) is 3. The summed E-state index contributed by atoms with van der Waals surface area (Å²) in [7, 11) is 3.44. The number of nitrogens with zero attached hydrogens (tertiary/aromatic N) is 2. The van der Waals surface area contributed by atoms with Gasteiger partial charge in [-0.25, -0.2) is 4.39 Å². The van der Waals surface area contributed by atoms with Gasteiger partial charge in [0.15, 0.2) is 5.76 Å². The summed E-state index contributed by atoms with van der Waals surface area (Å²) >= 11 is 0. The molecule has 0 radical (unpaired) electrons. The molecule has 20 heavy (non-hydrogen) atoms. The summed E-state index contributed by atoms with van der Waals surface area (Å²) < 4.78 is 18.9. The Morgan fingerprint density at radius 1 is 1.35 bits per heavy atom. The molecule has 3 rings (SSSR count). The predicted octanol–water partition coefficient (Wildman–Crippen LogP) is 2.60. The highest BCUT2D eigenvalue weighted by Crippen LogP contribution is 2.49. The molecule has 1 aromatic heterocycles. The second kappa shape index (κ2) is 4.44. The molecule has 1 amide bonds. The highest BCUT2D eigenvalue weighted by molar-refractivity contribution is 5.90. The van der Waals surface area contributed by atoms with Crippen LogP contribution in [-0.4, -0.2) is 30.1 Å². The third-order valence-corrected chi connectivity index (χ3v) is 3.71. The fourth-order valence-corrected chi connectivity index (χ4v) is 2.42. The van der Waals surface area contributed by atoms with Crippen LogP contribution in [-0.2, 0) is 10.2 Å². The van der Waals surface area contributed by atoms with E-state index in [0.29, 0.717) is 17.0 Å². The molecule has 0 spiro atoms. The molecule has 104 valence electrons. The van der Waals surface area contributed by atoms with Crippen molar-refractivity contribution in [1.82, 2.24) is 10.1 Å². The summed E-state index contributed by atoms with van der Waals surface area (Å²) in [5.74, 6) is 0.0146. The van der Waals surface area contributed by atoms with Gasteiger partial charge >= 0.3 is 0 Å². The Labute approximate surface area is 116 Å². The van der Waals surface area contributed by atoms with Crippen molar-refractivity contribution in [2.24, 2.45) is 0 Å². The van der Waals surface area contributed by atoms with Crippen molar-refractivity contribution in [2.75, 3.05) is 14.1 Å². The van der Waals surface area contributed by atoms with E-state index >= 15 is 0 Å². The fraction of sp³-hybridized carbons (Fsp3) is 0.333. The average molecular weight is 274 g/mol. The van der Waals surface area contributed by atoms with E-state index in [9.17, 15) is 9.18 Å². The zero-order valence-electron chi connectivity index (χ0n) is 11.4. The Morgan fingerprint density at radius 3 is 2.65 bits per heavy atom. The lowest BCUT2D eigenvalue weighted by molar-refractivity contribution is -0.131. The van der Waals surface area contributed by atoms with Crippen LogP contribution >= 0.6 is 0 Å². The number of likely N-dealkylation sites (N-methyl/N-ethyl adjacent to an activating group) is 1. The predicted molar refractivity (Wildman–Crippen MR) is 71.5 cm³/mol. The molecule has 0 aliphatic heterocycles. The van der Waals surface area contributed by atoms with E-state index in [2.05, 4.69) is 5.16 Å². The minimum atomic E-state index is -0.573. The molecule has 2 aromatic rings. The second-order valence-electron chi connectivity index (χ2n) is 5.34. The summed E-state index contributed by atoms with van der Waals surface area (Å²) in [5, 5.41) is 3.98. The molecule has 0 N–H and O–H groups in total. The largest absolute Gasteiger partial charge is 0.356 e. The Morgan fingerprint density at radius 2 is 2.05 bits per heavy atom. The van der Waals surface area contributed by atoms with Crippen molar-refractivity contribution in [2.45, 2.75) is 18.3 Å². The first-order valence-electron chi connectivity index (χ1n) is 6.48. The monoisotopic (exact) mass is 274 g/mol. The molecule has 5 heteroatoms. The Bertz CT molecular complexity index is 659. The molecule has 1 aliphatic rings. The molecule has 1 saturated carbocycles.